The van der Waals surface area contributed by atoms with Crippen molar-refractivity contribution >= 4 is 17.4 Å². The van der Waals surface area contributed by atoms with E-state index < -0.39 is 23.5 Å². The van der Waals surface area contributed by atoms with Crippen LogP contribution in [0.25, 0.3) is 5.76 Å². The van der Waals surface area contributed by atoms with Crippen molar-refractivity contribution < 1.29 is 29.2 Å². The van der Waals surface area contributed by atoms with Gasteiger partial charge in [0.15, 0.2) is 12.4 Å². The number of carbonyl (C=O) groups is 2. The number of ether oxygens (including phenoxy) is 2. The molecule has 1 fully saturated rings. The number of rotatable bonds is 7. The van der Waals surface area contributed by atoms with Gasteiger partial charge in [0, 0.05) is 30.7 Å². The first kappa shape index (κ1) is 23.6. The van der Waals surface area contributed by atoms with E-state index in [0.717, 1.165) is 23.3 Å². The second-order valence-corrected chi connectivity index (χ2v) is 9.19. The van der Waals surface area contributed by atoms with Gasteiger partial charge < -0.3 is 19.5 Å². The summed E-state index contributed by atoms with van der Waals surface area (Å²) >= 11 is 0. The number of likely N-dealkylation sites (tertiary alicyclic amines) is 1. The van der Waals surface area contributed by atoms with Crippen molar-refractivity contribution in [1.82, 2.24) is 4.90 Å². The molecule has 0 saturated carbocycles. The van der Waals surface area contributed by atoms with Crippen LogP contribution in [0, 0.1) is 0 Å². The molecule has 1 N–H and O–H groups in total. The van der Waals surface area contributed by atoms with Crippen LogP contribution in [-0.2, 0) is 22.6 Å². The number of carbonyl (C=O) groups excluding carboxylic acids is 2. The number of aromatic amines is 1. The van der Waals surface area contributed by atoms with Crippen LogP contribution in [0.5, 0.6) is 11.5 Å². The minimum absolute atomic E-state index is 0.0323. The summed E-state index contributed by atoms with van der Waals surface area (Å²) in [6, 6.07) is 15.4. The minimum Gasteiger partial charge on any atom is -0.872 e. The van der Waals surface area contributed by atoms with E-state index in [1.807, 2.05) is 50.2 Å². The molecule has 1 amide bonds. The molecule has 2 aromatic carbocycles. The molecule has 2 unspecified atom stereocenters. The van der Waals surface area contributed by atoms with E-state index in [2.05, 4.69) is 4.98 Å². The maximum absolute atomic E-state index is 13.8. The molecule has 0 aliphatic carbocycles. The van der Waals surface area contributed by atoms with Gasteiger partial charge in [-0.3, -0.25) is 9.59 Å². The Morgan fingerprint density at radius 1 is 1.14 bits per heavy atom. The number of H-pyrrole nitrogens is 1. The van der Waals surface area contributed by atoms with Crippen LogP contribution in [0.1, 0.15) is 48.6 Å². The van der Waals surface area contributed by atoms with Crippen molar-refractivity contribution in [2.24, 2.45) is 0 Å². The van der Waals surface area contributed by atoms with Crippen molar-refractivity contribution in [3.63, 3.8) is 0 Å². The molecule has 0 spiro atoms. The molecule has 3 heterocycles. The Bertz CT molecular complexity index is 1330. The third-order valence-corrected chi connectivity index (χ3v) is 6.47. The van der Waals surface area contributed by atoms with Crippen LogP contribution < -0.4 is 19.6 Å². The number of ketones is 1. The smallest absolute Gasteiger partial charge is 0.295 e. The second-order valence-electron chi connectivity index (χ2n) is 9.19. The van der Waals surface area contributed by atoms with Gasteiger partial charge in [0.1, 0.15) is 17.6 Å². The van der Waals surface area contributed by atoms with E-state index in [4.69, 9.17) is 9.47 Å². The molecule has 3 aromatic rings. The van der Waals surface area contributed by atoms with Gasteiger partial charge in [-0.25, -0.2) is 4.98 Å². The highest BCUT2D eigenvalue weighted by atomic mass is 16.5. The molecular formula is C29H28N2O5. The van der Waals surface area contributed by atoms with Gasteiger partial charge in [-0.1, -0.05) is 30.9 Å². The largest absolute Gasteiger partial charge is 0.872 e. The van der Waals surface area contributed by atoms with Crippen molar-refractivity contribution in [2.45, 2.75) is 45.4 Å². The number of hydrogen-bond donors (Lipinski definition) is 0. The quantitative estimate of drug-likeness (QED) is 0.292. The molecule has 2 aliphatic heterocycles. The lowest BCUT2D eigenvalue weighted by molar-refractivity contribution is -0.378. The van der Waals surface area contributed by atoms with Crippen LogP contribution in [0.15, 0.2) is 72.6 Å². The number of amides is 1. The zero-order valence-corrected chi connectivity index (χ0v) is 20.3. The van der Waals surface area contributed by atoms with Crippen molar-refractivity contribution in [2.75, 3.05) is 6.61 Å². The van der Waals surface area contributed by atoms with Crippen LogP contribution >= 0.6 is 0 Å². The van der Waals surface area contributed by atoms with E-state index >= 15 is 0 Å². The van der Waals surface area contributed by atoms with Gasteiger partial charge in [-0.05, 0) is 59.9 Å². The number of Topliss-reactive ketones (excluding diaryl/α,β-unsaturated/α-hetero) is 1. The predicted molar refractivity (Wildman–Crippen MR) is 131 cm³/mol. The summed E-state index contributed by atoms with van der Waals surface area (Å²) in [7, 11) is 0. The Morgan fingerprint density at radius 2 is 1.94 bits per heavy atom. The maximum atomic E-state index is 13.8. The summed E-state index contributed by atoms with van der Waals surface area (Å²) in [5.41, 5.74) is 2.77. The number of benzene rings is 2. The zero-order chi connectivity index (χ0) is 25.2. The number of fused-ring (bicyclic) bond motifs is 1. The summed E-state index contributed by atoms with van der Waals surface area (Å²) in [6.45, 7) is 4.72. The van der Waals surface area contributed by atoms with E-state index in [0.29, 0.717) is 29.9 Å². The van der Waals surface area contributed by atoms with Gasteiger partial charge in [0.2, 0.25) is 5.78 Å². The highest BCUT2D eigenvalue weighted by molar-refractivity contribution is 6.46. The summed E-state index contributed by atoms with van der Waals surface area (Å²) in [6.07, 6.45) is 5.09. The minimum atomic E-state index is -0.824. The molecule has 0 bridgehead atoms. The number of pyridine rings is 1. The third-order valence-electron chi connectivity index (χ3n) is 6.47. The molecule has 36 heavy (non-hydrogen) atoms. The fraction of sp³-hybridized carbons (Fsp3) is 0.276. The average Bonchev–Trinajstić information content (AvgIpc) is 3.39. The average molecular weight is 485 g/mol. The number of aromatic nitrogens is 1. The first-order chi connectivity index (χ1) is 17.5. The molecule has 0 radical (unpaired) electrons. The monoisotopic (exact) mass is 484 g/mol. The molecule has 2 atom stereocenters. The van der Waals surface area contributed by atoms with Gasteiger partial charge in [-0.15, -0.1) is 0 Å². The first-order valence-electron chi connectivity index (χ1n) is 12.2. The maximum Gasteiger partial charge on any atom is 0.295 e. The Morgan fingerprint density at radius 3 is 2.72 bits per heavy atom. The molecule has 7 nitrogen and oxygen atoms in total. The van der Waals surface area contributed by atoms with Crippen LogP contribution in [0.4, 0.5) is 0 Å². The Hall–Kier alpha value is -4.13. The highest BCUT2D eigenvalue weighted by Crippen LogP contribution is 2.41. The van der Waals surface area contributed by atoms with Crippen LogP contribution in [0.2, 0.25) is 0 Å². The number of nitrogens with one attached hydrogen (secondary N) is 1. The van der Waals surface area contributed by atoms with E-state index in [1.54, 1.807) is 30.6 Å². The lowest BCUT2D eigenvalue weighted by atomic mass is 9.94. The zero-order valence-electron chi connectivity index (χ0n) is 20.3. The fourth-order valence-electron chi connectivity index (χ4n) is 4.82. The van der Waals surface area contributed by atoms with Gasteiger partial charge in [0.25, 0.3) is 5.91 Å². The van der Waals surface area contributed by atoms with Crippen molar-refractivity contribution in [3.8, 4) is 11.5 Å². The van der Waals surface area contributed by atoms with E-state index in [1.165, 1.54) is 4.90 Å². The van der Waals surface area contributed by atoms with Crippen molar-refractivity contribution in [1.29, 1.82) is 0 Å². The van der Waals surface area contributed by atoms with Crippen LogP contribution in [0.3, 0.4) is 0 Å². The summed E-state index contributed by atoms with van der Waals surface area (Å²) in [5, 5.41) is 13.8. The molecule has 5 rings (SSSR count). The van der Waals surface area contributed by atoms with E-state index in [-0.39, 0.29) is 18.2 Å². The van der Waals surface area contributed by atoms with E-state index in [9.17, 15) is 14.7 Å². The van der Waals surface area contributed by atoms with Crippen LogP contribution in [-0.4, -0.2) is 29.3 Å². The summed E-state index contributed by atoms with van der Waals surface area (Å²) in [4.78, 5) is 31.0. The third kappa shape index (κ3) is 4.44. The Balaban J connectivity index is 1.61. The molecule has 1 aromatic heterocycles. The molecule has 2 aliphatic rings. The Kier molecular flexibility index (Phi) is 6.46. The lowest BCUT2D eigenvalue weighted by Crippen LogP contribution is -2.29. The topological polar surface area (TPSA) is 93.0 Å². The molecular weight excluding hydrogens is 456 g/mol. The summed E-state index contributed by atoms with van der Waals surface area (Å²) < 4.78 is 11.6. The number of nitrogens with zero attached hydrogens (tertiary/aromatic N) is 1. The normalized spacial score (nSPS) is 20.3. The first-order valence-corrected chi connectivity index (χ1v) is 12.2. The number of hydrogen-bond acceptors (Lipinski definition) is 5. The standard InChI is InChI=1S/C29H28N2O5/c1-3-13-35-23-6-4-5-20(16-23)26-25(27(32)21-7-8-24-22(15-21)14-18(2)36-24)28(33)29(34)31(26)17-19-9-11-30-12-10-19/h4-12,15-16,18,26,32H,3,13-14,17H2,1-2H3. The molecule has 1 saturated heterocycles. The second kappa shape index (κ2) is 9.85. The molecule has 184 valence electrons. The van der Waals surface area contributed by atoms with Crippen molar-refractivity contribution in [3.05, 3.63) is 94.8 Å². The SMILES string of the molecule is CCCOc1cccc(C2C(=C([O-])c3ccc4c(c3)CC(C)O4)C(=O)C(=O)N2Cc2cc[nH+]cc2)c1. The highest BCUT2D eigenvalue weighted by Gasteiger charge is 2.44. The Labute approximate surface area is 210 Å². The summed E-state index contributed by atoms with van der Waals surface area (Å²) in [5.74, 6) is -0.514. The predicted octanol–water partition coefficient (Wildman–Crippen LogP) is 3.04. The van der Waals surface area contributed by atoms with Gasteiger partial charge in [-0.2, -0.15) is 0 Å². The lowest BCUT2D eigenvalue weighted by Gasteiger charge is -2.28. The molecule has 7 heteroatoms. The van der Waals surface area contributed by atoms with Gasteiger partial charge in [0.05, 0.1) is 12.6 Å². The fourth-order valence-corrected chi connectivity index (χ4v) is 4.82. The van der Waals surface area contributed by atoms with Gasteiger partial charge >= 0.3 is 0 Å².